The van der Waals surface area contributed by atoms with Gasteiger partial charge in [-0.25, -0.2) is 31.1 Å². The van der Waals surface area contributed by atoms with Crippen LogP contribution in [0.2, 0.25) is 0 Å². The molecule has 0 aromatic carbocycles. The van der Waals surface area contributed by atoms with Crippen LogP contribution in [-0.2, 0) is 10.0 Å². The third kappa shape index (κ3) is 4.67. The minimum absolute atomic E-state index is 0.0111. The average Bonchev–Trinajstić information content (AvgIpc) is 3.22. The number of alkyl halides is 2. The molecule has 12 heteroatoms. The lowest BCUT2D eigenvalue weighted by molar-refractivity contribution is 0.203. The van der Waals surface area contributed by atoms with Gasteiger partial charge in [-0.05, 0) is 32.1 Å². The number of piperidine rings is 1. The molecular weight excluding hydrogens is 421 g/mol. The molecule has 30 heavy (non-hydrogen) atoms. The number of hydrogen-bond acceptors (Lipinski definition) is 6. The van der Waals surface area contributed by atoms with Crippen LogP contribution < -0.4 is 5.73 Å². The number of nitrogens with zero attached hydrogens (tertiary/aromatic N) is 5. The van der Waals surface area contributed by atoms with Gasteiger partial charge in [0, 0.05) is 19.0 Å². The first-order chi connectivity index (χ1) is 14.1. The topological polar surface area (TPSA) is 117 Å². The van der Waals surface area contributed by atoms with E-state index >= 15 is 0 Å². The first-order valence-corrected chi connectivity index (χ1v) is 11.4. The maximum Gasteiger partial charge on any atom is 0.238 e. The lowest BCUT2D eigenvalue weighted by atomic mass is 10.0. The highest BCUT2D eigenvalue weighted by Gasteiger charge is 2.32. The second kappa shape index (κ2) is 8.77. The van der Waals surface area contributed by atoms with Gasteiger partial charge in [-0.1, -0.05) is 0 Å². The van der Waals surface area contributed by atoms with E-state index in [0.717, 1.165) is 6.26 Å². The number of rotatable bonds is 2. The summed E-state index contributed by atoms with van der Waals surface area (Å²) in [6.07, 6.45) is 2.87. The highest BCUT2D eigenvalue weighted by atomic mass is 32.2. The summed E-state index contributed by atoms with van der Waals surface area (Å²) in [4.78, 5) is 3.72. The van der Waals surface area contributed by atoms with Gasteiger partial charge < -0.3 is 5.73 Å². The Morgan fingerprint density at radius 2 is 2.00 bits per heavy atom. The van der Waals surface area contributed by atoms with Crippen molar-refractivity contribution in [3.05, 3.63) is 23.3 Å². The predicted molar refractivity (Wildman–Crippen MR) is 104 cm³/mol. The van der Waals surface area contributed by atoms with Crippen molar-refractivity contribution in [1.82, 2.24) is 18.9 Å². The van der Waals surface area contributed by atoms with Crippen LogP contribution in [0.4, 0.5) is 19.1 Å². The van der Waals surface area contributed by atoms with Gasteiger partial charge in [0.05, 0.1) is 18.1 Å². The van der Waals surface area contributed by atoms with Crippen LogP contribution in [0.25, 0.3) is 5.52 Å². The van der Waals surface area contributed by atoms with Crippen molar-refractivity contribution < 1.29 is 21.6 Å². The second-order valence-corrected chi connectivity index (χ2v) is 9.55. The molecule has 0 spiro atoms. The molecule has 0 radical (unpaired) electrons. The Kier molecular flexibility index (Phi) is 6.52. The van der Waals surface area contributed by atoms with Gasteiger partial charge in [0.1, 0.15) is 29.5 Å². The molecule has 2 fully saturated rings. The zero-order chi connectivity index (χ0) is 22.1. The van der Waals surface area contributed by atoms with Gasteiger partial charge in [0.2, 0.25) is 16.0 Å². The Balaban J connectivity index is 0.000000199. The summed E-state index contributed by atoms with van der Waals surface area (Å²) in [5.41, 5.74) is 5.92. The van der Waals surface area contributed by atoms with E-state index < -0.39 is 28.2 Å². The van der Waals surface area contributed by atoms with Gasteiger partial charge in [-0.2, -0.15) is 9.57 Å². The largest absolute Gasteiger partial charge is 0.367 e. The number of nitrogen functional groups attached to an aromatic ring is 1. The minimum Gasteiger partial charge on any atom is -0.367 e. The maximum absolute atomic E-state index is 14.1. The Morgan fingerprint density at radius 3 is 2.53 bits per heavy atom. The van der Waals surface area contributed by atoms with Crippen molar-refractivity contribution in [2.24, 2.45) is 0 Å². The third-order valence-corrected chi connectivity index (χ3v) is 6.61. The Bertz CT molecular complexity index is 1070. The fourth-order valence-corrected chi connectivity index (χ4v) is 4.79. The van der Waals surface area contributed by atoms with Crippen molar-refractivity contribution >= 4 is 21.5 Å². The van der Waals surface area contributed by atoms with Crippen LogP contribution in [0, 0.1) is 17.1 Å². The number of sulfonamides is 1. The molecule has 8 nitrogen and oxygen atoms in total. The van der Waals surface area contributed by atoms with Crippen molar-refractivity contribution in [1.29, 1.82) is 5.26 Å². The number of nitriles is 1. The molecule has 2 N–H and O–H groups in total. The first kappa shape index (κ1) is 22.3. The van der Waals surface area contributed by atoms with Crippen molar-refractivity contribution in [2.45, 2.75) is 50.4 Å². The fraction of sp³-hybridized carbons (Fsp3) is 0.611. The molecule has 1 aliphatic carbocycles. The summed E-state index contributed by atoms with van der Waals surface area (Å²) in [7, 11) is -3.17. The summed E-state index contributed by atoms with van der Waals surface area (Å²) in [5, 5.41) is 13.1. The van der Waals surface area contributed by atoms with E-state index in [0.29, 0.717) is 37.9 Å². The SMILES string of the molecule is CS(=O)(=O)N1CCCC(F)C1.N#Cc1c(F)c2cnc(N)nn2c1C1CCC(F)C1. The van der Waals surface area contributed by atoms with E-state index in [1.165, 1.54) is 15.0 Å². The fourth-order valence-electron chi connectivity index (χ4n) is 3.90. The Labute approximate surface area is 172 Å². The summed E-state index contributed by atoms with van der Waals surface area (Å²) < 4.78 is 64.4. The number of anilines is 1. The lowest BCUT2D eigenvalue weighted by Gasteiger charge is -2.26. The van der Waals surface area contributed by atoms with Crippen LogP contribution in [0.3, 0.4) is 0 Å². The number of halogens is 3. The zero-order valence-corrected chi connectivity index (χ0v) is 17.2. The monoisotopic (exact) mass is 444 g/mol. The molecule has 2 aromatic rings. The molecule has 0 bridgehead atoms. The molecule has 164 valence electrons. The molecule has 3 atom stereocenters. The molecular formula is C18H23F3N6O2S. The van der Waals surface area contributed by atoms with Crippen LogP contribution in [0.1, 0.15) is 49.3 Å². The molecule has 2 aliphatic rings. The second-order valence-electron chi connectivity index (χ2n) is 7.57. The summed E-state index contributed by atoms with van der Waals surface area (Å²) in [6, 6.07) is 1.84. The highest BCUT2D eigenvalue weighted by molar-refractivity contribution is 7.88. The lowest BCUT2D eigenvalue weighted by Crippen LogP contribution is -2.39. The Hall–Kier alpha value is -2.39. The van der Waals surface area contributed by atoms with Crippen molar-refractivity contribution in [2.75, 3.05) is 25.1 Å². The quantitative estimate of drug-likeness (QED) is 0.760. The number of fused-ring (bicyclic) bond motifs is 1. The molecule has 1 saturated heterocycles. The van der Waals surface area contributed by atoms with E-state index in [2.05, 4.69) is 10.1 Å². The number of hydrogen-bond donors (Lipinski definition) is 1. The van der Waals surface area contributed by atoms with Gasteiger partial charge >= 0.3 is 0 Å². The van der Waals surface area contributed by atoms with E-state index in [9.17, 15) is 21.6 Å². The molecule has 0 amide bonds. The normalized spacial score (nSPS) is 25.0. The smallest absolute Gasteiger partial charge is 0.238 e. The van der Waals surface area contributed by atoms with E-state index in [-0.39, 0.29) is 35.9 Å². The minimum atomic E-state index is -3.17. The highest BCUT2D eigenvalue weighted by Crippen LogP contribution is 2.39. The summed E-state index contributed by atoms with van der Waals surface area (Å²) in [5.74, 6) is -0.890. The van der Waals surface area contributed by atoms with Gasteiger partial charge in [-0.3, -0.25) is 0 Å². The van der Waals surface area contributed by atoms with Crippen LogP contribution in [-0.4, -0.2) is 59.0 Å². The average molecular weight is 444 g/mol. The number of nitrogens with two attached hydrogens (primary N) is 1. The van der Waals surface area contributed by atoms with Crippen molar-refractivity contribution in [3.63, 3.8) is 0 Å². The molecule has 3 unspecified atom stereocenters. The van der Waals surface area contributed by atoms with Crippen molar-refractivity contribution in [3.8, 4) is 6.07 Å². The van der Waals surface area contributed by atoms with Gasteiger partial charge in [0.25, 0.3) is 0 Å². The third-order valence-electron chi connectivity index (χ3n) is 5.34. The van der Waals surface area contributed by atoms with Gasteiger partial charge in [-0.15, -0.1) is 5.10 Å². The molecule has 3 heterocycles. The predicted octanol–water partition coefficient (Wildman–Crippen LogP) is 2.31. The first-order valence-electron chi connectivity index (χ1n) is 9.57. The Morgan fingerprint density at radius 1 is 1.27 bits per heavy atom. The molecule has 1 saturated carbocycles. The summed E-state index contributed by atoms with van der Waals surface area (Å²) in [6.45, 7) is 0.512. The van der Waals surface area contributed by atoms with E-state index in [4.69, 9.17) is 11.0 Å². The molecule has 2 aromatic heterocycles. The summed E-state index contributed by atoms with van der Waals surface area (Å²) >= 11 is 0. The zero-order valence-electron chi connectivity index (χ0n) is 16.4. The van der Waals surface area contributed by atoms with Crippen LogP contribution in [0.5, 0.6) is 0 Å². The van der Waals surface area contributed by atoms with E-state index in [1.54, 1.807) is 0 Å². The standard InChI is InChI=1S/C12H11F2N5.C6H12FNO2S/c13-7-2-1-6(3-7)11-8(4-15)10(14)9-5-17-12(16)18-19(9)11;1-11(9,10)8-4-2-3-6(7)5-8/h5-7H,1-3H2,(H2,16,18);6H,2-5H2,1H3. The molecule has 4 rings (SSSR count). The number of aromatic nitrogens is 3. The van der Waals surface area contributed by atoms with E-state index in [1.807, 2.05) is 6.07 Å². The van der Waals surface area contributed by atoms with Crippen LogP contribution >= 0.6 is 0 Å². The van der Waals surface area contributed by atoms with Gasteiger partial charge in [0.15, 0.2) is 5.82 Å². The van der Waals surface area contributed by atoms with Crippen LogP contribution in [0.15, 0.2) is 6.20 Å². The maximum atomic E-state index is 14.1. The molecule has 1 aliphatic heterocycles.